The second-order valence-corrected chi connectivity index (χ2v) is 4.94. The van der Waals surface area contributed by atoms with Gasteiger partial charge in [0.2, 0.25) is 0 Å². The van der Waals surface area contributed by atoms with Crippen LogP contribution in [0.4, 0.5) is 0 Å². The van der Waals surface area contributed by atoms with Crippen LogP contribution in [-0.2, 0) is 0 Å². The quantitative estimate of drug-likeness (QED) is 0.666. The number of hydrogen-bond acceptors (Lipinski definition) is 3. The van der Waals surface area contributed by atoms with E-state index in [1.807, 2.05) is 0 Å². The topological polar surface area (TPSA) is 35.5 Å². The summed E-state index contributed by atoms with van der Waals surface area (Å²) in [4.78, 5) is 2.13. The van der Waals surface area contributed by atoms with Gasteiger partial charge in [0, 0.05) is 13.1 Å². The highest BCUT2D eigenvalue weighted by Gasteiger charge is 2.30. The Morgan fingerprint density at radius 1 is 1.36 bits per heavy atom. The van der Waals surface area contributed by atoms with E-state index in [2.05, 4.69) is 31.2 Å². The van der Waals surface area contributed by atoms with E-state index in [4.69, 9.17) is 0 Å². The summed E-state index contributed by atoms with van der Waals surface area (Å²) in [5, 5.41) is 13.4. The first-order valence-electron chi connectivity index (χ1n) is 5.64. The Morgan fingerprint density at radius 3 is 2.43 bits per heavy atom. The van der Waals surface area contributed by atoms with Gasteiger partial charge in [-0.25, -0.2) is 0 Å². The van der Waals surface area contributed by atoms with Crippen molar-refractivity contribution in [2.24, 2.45) is 5.92 Å². The van der Waals surface area contributed by atoms with Crippen LogP contribution in [0.2, 0.25) is 0 Å². The van der Waals surface area contributed by atoms with E-state index in [-0.39, 0.29) is 0 Å². The van der Waals surface area contributed by atoms with Gasteiger partial charge >= 0.3 is 0 Å². The fraction of sp³-hybridized carbons (Fsp3) is 1.00. The third-order valence-corrected chi connectivity index (χ3v) is 3.11. The smallest absolute Gasteiger partial charge is 0.116 e. The minimum absolute atomic E-state index is 0.581. The molecule has 0 unspecified atom stereocenters. The number of hydrogen-bond donors (Lipinski definition) is 2. The van der Waals surface area contributed by atoms with Crippen LogP contribution in [0.15, 0.2) is 0 Å². The predicted molar refractivity (Wildman–Crippen MR) is 59.1 cm³/mol. The first-order chi connectivity index (χ1) is 6.52. The summed E-state index contributed by atoms with van der Waals surface area (Å²) in [5.74, 6) is 0.783. The summed E-state index contributed by atoms with van der Waals surface area (Å²) in [6, 6.07) is 0. The van der Waals surface area contributed by atoms with E-state index in [0.29, 0.717) is 0 Å². The zero-order chi connectivity index (χ0) is 10.6. The van der Waals surface area contributed by atoms with Crippen LogP contribution in [-0.4, -0.2) is 42.9 Å². The maximum absolute atomic E-state index is 10.2. The molecule has 2 N–H and O–H groups in total. The van der Waals surface area contributed by atoms with Crippen LogP contribution in [0.1, 0.15) is 32.6 Å². The van der Waals surface area contributed by atoms with Crippen molar-refractivity contribution >= 4 is 0 Å². The van der Waals surface area contributed by atoms with Gasteiger partial charge in [-0.15, -0.1) is 0 Å². The van der Waals surface area contributed by atoms with Crippen molar-refractivity contribution in [2.45, 2.75) is 38.3 Å². The van der Waals surface area contributed by atoms with Crippen LogP contribution >= 0.6 is 0 Å². The molecule has 0 aliphatic heterocycles. The Bertz CT molecular complexity index is 163. The van der Waals surface area contributed by atoms with E-state index in [1.165, 1.54) is 0 Å². The molecule has 1 aliphatic carbocycles. The van der Waals surface area contributed by atoms with E-state index in [9.17, 15) is 5.11 Å². The molecule has 0 spiro atoms. The summed E-state index contributed by atoms with van der Waals surface area (Å²) in [7, 11) is 4.10. The summed E-state index contributed by atoms with van der Waals surface area (Å²) in [5.41, 5.74) is -0.581. The summed E-state index contributed by atoms with van der Waals surface area (Å²) >= 11 is 0. The lowest BCUT2D eigenvalue weighted by Gasteiger charge is -2.36. The lowest BCUT2D eigenvalue weighted by molar-refractivity contribution is -0.0379. The van der Waals surface area contributed by atoms with E-state index in [0.717, 1.165) is 44.7 Å². The van der Waals surface area contributed by atoms with Gasteiger partial charge in [-0.1, -0.05) is 6.92 Å². The standard InChI is InChI=1S/C11H24N2O/c1-10-4-6-11(14,7-5-10)12-8-9-13(2)3/h10,12,14H,4-9H2,1-3H3. The molecule has 3 heteroatoms. The van der Waals surface area contributed by atoms with Gasteiger partial charge in [0.05, 0.1) is 0 Å². The summed E-state index contributed by atoms with van der Waals surface area (Å²) < 4.78 is 0. The number of nitrogens with one attached hydrogen (secondary N) is 1. The van der Waals surface area contributed by atoms with Gasteiger partial charge in [-0.2, -0.15) is 0 Å². The zero-order valence-corrected chi connectivity index (χ0v) is 9.71. The Hall–Kier alpha value is -0.120. The molecule has 0 saturated heterocycles. The molecule has 1 fully saturated rings. The van der Waals surface area contributed by atoms with E-state index < -0.39 is 5.72 Å². The molecule has 14 heavy (non-hydrogen) atoms. The molecule has 0 radical (unpaired) electrons. The van der Waals surface area contributed by atoms with Crippen LogP contribution in [0.25, 0.3) is 0 Å². The zero-order valence-electron chi connectivity index (χ0n) is 9.71. The Kier molecular flexibility index (Phi) is 4.35. The van der Waals surface area contributed by atoms with Gasteiger partial charge in [0.15, 0.2) is 0 Å². The van der Waals surface area contributed by atoms with Crippen molar-refractivity contribution in [3.05, 3.63) is 0 Å². The predicted octanol–water partition coefficient (Wildman–Crippen LogP) is 1.04. The van der Waals surface area contributed by atoms with E-state index in [1.54, 1.807) is 0 Å². The maximum atomic E-state index is 10.2. The molecule has 84 valence electrons. The molecule has 0 heterocycles. The monoisotopic (exact) mass is 200 g/mol. The number of nitrogens with zero attached hydrogens (tertiary/aromatic N) is 1. The molecule has 1 saturated carbocycles. The molecule has 1 rings (SSSR count). The Labute approximate surface area is 87.5 Å². The summed E-state index contributed by atoms with van der Waals surface area (Å²) in [6.07, 6.45) is 4.10. The SMILES string of the molecule is CC1CCC(O)(NCCN(C)C)CC1. The normalized spacial score (nSPS) is 33.6. The molecular weight excluding hydrogens is 176 g/mol. The van der Waals surface area contributed by atoms with Crippen LogP contribution < -0.4 is 5.32 Å². The lowest BCUT2D eigenvalue weighted by atomic mass is 9.85. The van der Waals surface area contributed by atoms with Crippen molar-refractivity contribution in [3.8, 4) is 0 Å². The van der Waals surface area contributed by atoms with Crippen LogP contribution in [0.5, 0.6) is 0 Å². The highest BCUT2D eigenvalue weighted by Crippen LogP contribution is 2.29. The molecule has 0 aromatic carbocycles. The molecular formula is C11H24N2O. The Morgan fingerprint density at radius 2 is 1.93 bits per heavy atom. The fourth-order valence-corrected chi connectivity index (χ4v) is 1.93. The molecule has 0 aromatic rings. The highest BCUT2D eigenvalue weighted by molar-refractivity contribution is 4.82. The molecule has 0 atom stereocenters. The lowest BCUT2D eigenvalue weighted by Crippen LogP contribution is -2.49. The van der Waals surface area contributed by atoms with Crippen LogP contribution in [0, 0.1) is 5.92 Å². The second-order valence-electron chi connectivity index (χ2n) is 4.94. The Balaban J connectivity index is 2.21. The molecule has 0 bridgehead atoms. The third kappa shape index (κ3) is 3.95. The number of aliphatic hydroxyl groups is 1. The highest BCUT2D eigenvalue weighted by atomic mass is 16.3. The molecule has 0 amide bonds. The van der Waals surface area contributed by atoms with Crippen molar-refractivity contribution in [1.29, 1.82) is 0 Å². The third-order valence-electron chi connectivity index (χ3n) is 3.11. The molecule has 1 aliphatic rings. The van der Waals surface area contributed by atoms with Gasteiger partial charge in [0.25, 0.3) is 0 Å². The largest absolute Gasteiger partial charge is 0.376 e. The average molecular weight is 200 g/mol. The number of rotatable bonds is 4. The minimum atomic E-state index is -0.581. The minimum Gasteiger partial charge on any atom is -0.376 e. The van der Waals surface area contributed by atoms with Crippen LogP contribution in [0.3, 0.4) is 0 Å². The first kappa shape index (κ1) is 12.0. The van der Waals surface area contributed by atoms with Gasteiger partial charge in [0.1, 0.15) is 5.72 Å². The van der Waals surface area contributed by atoms with Crippen molar-refractivity contribution in [3.63, 3.8) is 0 Å². The maximum Gasteiger partial charge on any atom is 0.116 e. The first-order valence-corrected chi connectivity index (χ1v) is 5.64. The molecule has 0 aromatic heterocycles. The second kappa shape index (κ2) is 5.10. The van der Waals surface area contributed by atoms with Gasteiger partial charge in [-0.3, -0.25) is 5.32 Å². The van der Waals surface area contributed by atoms with Gasteiger partial charge < -0.3 is 10.0 Å². The number of likely N-dealkylation sites (N-methyl/N-ethyl adjacent to an activating group) is 1. The molecule has 3 nitrogen and oxygen atoms in total. The van der Waals surface area contributed by atoms with E-state index >= 15 is 0 Å². The van der Waals surface area contributed by atoms with Gasteiger partial charge in [-0.05, 0) is 45.7 Å². The van der Waals surface area contributed by atoms with Crippen molar-refractivity contribution in [1.82, 2.24) is 10.2 Å². The summed E-state index contributed by atoms with van der Waals surface area (Å²) in [6.45, 7) is 4.12. The van der Waals surface area contributed by atoms with Crippen molar-refractivity contribution < 1.29 is 5.11 Å². The van der Waals surface area contributed by atoms with Crippen molar-refractivity contribution in [2.75, 3.05) is 27.2 Å². The average Bonchev–Trinajstić information content (AvgIpc) is 2.10. The fourth-order valence-electron chi connectivity index (χ4n) is 1.93.